The van der Waals surface area contributed by atoms with E-state index in [1.54, 1.807) is 72.8 Å². The first-order valence-corrected chi connectivity index (χ1v) is 10.2. The number of carbonyl (C=O) groups is 2. The highest BCUT2D eigenvalue weighted by Crippen LogP contribution is 2.42. The Morgan fingerprint density at radius 3 is 2.45 bits per heavy atom. The molecule has 1 heterocycles. The molecule has 6 heteroatoms. The van der Waals surface area contributed by atoms with Gasteiger partial charge >= 0.3 is 0 Å². The third-order valence-corrected chi connectivity index (χ3v) is 5.30. The maximum atomic E-state index is 13.1. The predicted octanol–water partition coefficient (Wildman–Crippen LogP) is 5.37. The van der Waals surface area contributed by atoms with E-state index in [0.29, 0.717) is 34.2 Å². The summed E-state index contributed by atoms with van der Waals surface area (Å²) < 4.78 is 5.61. The van der Waals surface area contributed by atoms with Crippen molar-refractivity contribution in [1.82, 2.24) is 0 Å². The first-order chi connectivity index (χ1) is 15.0. The van der Waals surface area contributed by atoms with Crippen LogP contribution in [0.1, 0.15) is 24.1 Å². The van der Waals surface area contributed by atoms with Gasteiger partial charge in [-0.15, -0.1) is 0 Å². The zero-order chi connectivity index (χ0) is 22.0. The maximum absolute atomic E-state index is 13.1. The Labute approximate surface area is 185 Å². The van der Waals surface area contributed by atoms with E-state index in [4.69, 9.17) is 16.3 Å². The number of halogens is 1. The number of benzene rings is 3. The third kappa shape index (κ3) is 3.92. The Morgan fingerprint density at radius 1 is 1.00 bits per heavy atom. The number of para-hydroxylation sites is 1. The number of amides is 1. The summed E-state index contributed by atoms with van der Waals surface area (Å²) in [5.74, 6) is -1.12. The number of hydrogen-bond acceptors (Lipinski definition) is 4. The van der Waals surface area contributed by atoms with Crippen molar-refractivity contribution in [1.29, 1.82) is 0 Å². The Balaban J connectivity index is 1.94. The summed E-state index contributed by atoms with van der Waals surface area (Å²) in [5, 5.41) is 11.5. The summed E-state index contributed by atoms with van der Waals surface area (Å²) in [7, 11) is 0. The Kier molecular flexibility index (Phi) is 5.78. The molecule has 31 heavy (non-hydrogen) atoms. The monoisotopic (exact) mass is 433 g/mol. The van der Waals surface area contributed by atoms with Gasteiger partial charge in [-0.3, -0.25) is 14.5 Å². The summed E-state index contributed by atoms with van der Waals surface area (Å²) >= 11 is 6.08. The fourth-order valence-electron chi connectivity index (χ4n) is 3.74. The van der Waals surface area contributed by atoms with Crippen LogP contribution in [0.2, 0.25) is 5.02 Å². The lowest BCUT2D eigenvalue weighted by atomic mass is 9.95. The zero-order valence-electron chi connectivity index (χ0n) is 16.8. The summed E-state index contributed by atoms with van der Waals surface area (Å²) in [6.07, 6.45) is 0. The van der Waals surface area contributed by atoms with Crippen molar-refractivity contribution in [3.05, 3.63) is 101 Å². The van der Waals surface area contributed by atoms with Crippen LogP contribution in [0.5, 0.6) is 5.75 Å². The van der Waals surface area contributed by atoms with Crippen LogP contribution in [0.4, 0.5) is 5.69 Å². The quantitative estimate of drug-likeness (QED) is 0.334. The standard InChI is InChI=1S/C25H20ClNO4/c1-2-31-20-13-7-8-16(15-20)22-21(23(28)17-9-6-10-18(26)14-17)24(29)25(30)27(22)19-11-4-3-5-12-19/h3-15,22,28H,2H2,1H3/b23-21-. The molecule has 0 aromatic heterocycles. The molecule has 156 valence electrons. The van der Waals surface area contributed by atoms with Crippen LogP contribution in [0.3, 0.4) is 0 Å². The van der Waals surface area contributed by atoms with E-state index in [1.165, 1.54) is 4.90 Å². The van der Waals surface area contributed by atoms with Crippen molar-refractivity contribution in [2.24, 2.45) is 0 Å². The molecule has 1 atom stereocenters. The van der Waals surface area contributed by atoms with Crippen molar-refractivity contribution in [2.75, 3.05) is 11.5 Å². The van der Waals surface area contributed by atoms with E-state index < -0.39 is 17.7 Å². The van der Waals surface area contributed by atoms with E-state index >= 15 is 0 Å². The molecule has 4 rings (SSSR count). The number of ether oxygens (including phenoxy) is 1. The smallest absolute Gasteiger partial charge is 0.300 e. The average molecular weight is 434 g/mol. The minimum Gasteiger partial charge on any atom is -0.507 e. The number of aliphatic hydroxyl groups is 1. The van der Waals surface area contributed by atoms with Gasteiger partial charge in [0.2, 0.25) is 0 Å². The van der Waals surface area contributed by atoms with Gasteiger partial charge in [-0.05, 0) is 48.9 Å². The highest BCUT2D eigenvalue weighted by molar-refractivity contribution is 6.51. The summed E-state index contributed by atoms with van der Waals surface area (Å²) in [5.41, 5.74) is 1.58. The first kappa shape index (κ1) is 20.7. The second kappa shape index (κ2) is 8.66. The van der Waals surface area contributed by atoms with Crippen LogP contribution >= 0.6 is 11.6 Å². The molecule has 1 saturated heterocycles. The molecule has 0 spiro atoms. The van der Waals surface area contributed by atoms with Crippen LogP contribution in [-0.4, -0.2) is 23.4 Å². The lowest BCUT2D eigenvalue weighted by Gasteiger charge is -2.25. The molecule has 1 aliphatic rings. The Morgan fingerprint density at radius 2 is 1.74 bits per heavy atom. The van der Waals surface area contributed by atoms with E-state index in [1.807, 2.05) is 13.0 Å². The van der Waals surface area contributed by atoms with Crippen molar-refractivity contribution < 1.29 is 19.4 Å². The summed E-state index contributed by atoms with van der Waals surface area (Å²) in [6, 6.07) is 21.8. The molecule has 1 N–H and O–H groups in total. The highest BCUT2D eigenvalue weighted by Gasteiger charge is 2.47. The molecule has 0 saturated carbocycles. The second-order valence-electron chi connectivity index (χ2n) is 7.02. The average Bonchev–Trinajstić information content (AvgIpc) is 3.05. The first-order valence-electron chi connectivity index (χ1n) is 9.86. The number of carbonyl (C=O) groups excluding carboxylic acids is 2. The SMILES string of the molecule is CCOc1cccc(C2/C(=C(/O)c3cccc(Cl)c3)C(=O)C(=O)N2c2ccccc2)c1. The summed E-state index contributed by atoms with van der Waals surface area (Å²) in [4.78, 5) is 27.6. The topological polar surface area (TPSA) is 66.8 Å². The molecular formula is C25H20ClNO4. The number of Topliss-reactive ketones (excluding diaryl/α,β-unsaturated/α-hetero) is 1. The van der Waals surface area contributed by atoms with Crippen LogP contribution in [0.15, 0.2) is 84.4 Å². The number of rotatable bonds is 5. The number of aliphatic hydroxyl groups excluding tert-OH is 1. The van der Waals surface area contributed by atoms with Gasteiger partial charge in [0.15, 0.2) is 0 Å². The molecule has 0 aliphatic carbocycles. The predicted molar refractivity (Wildman–Crippen MR) is 120 cm³/mol. The van der Waals surface area contributed by atoms with Crippen LogP contribution in [-0.2, 0) is 9.59 Å². The number of hydrogen-bond donors (Lipinski definition) is 1. The minimum atomic E-state index is -0.818. The zero-order valence-corrected chi connectivity index (χ0v) is 17.5. The van der Waals surface area contributed by atoms with Crippen LogP contribution < -0.4 is 9.64 Å². The summed E-state index contributed by atoms with van der Waals surface area (Å²) in [6.45, 7) is 2.35. The van der Waals surface area contributed by atoms with Gasteiger partial charge in [0, 0.05) is 16.3 Å². The largest absolute Gasteiger partial charge is 0.507 e. The van der Waals surface area contributed by atoms with Crippen molar-refractivity contribution in [2.45, 2.75) is 13.0 Å². The molecule has 3 aromatic carbocycles. The van der Waals surface area contributed by atoms with Gasteiger partial charge in [0.05, 0.1) is 18.2 Å². The molecule has 1 amide bonds. The molecule has 5 nitrogen and oxygen atoms in total. The van der Waals surface area contributed by atoms with E-state index in [-0.39, 0.29) is 11.3 Å². The van der Waals surface area contributed by atoms with Crippen LogP contribution in [0, 0.1) is 0 Å². The Bertz CT molecular complexity index is 1170. The number of nitrogens with zero attached hydrogens (tertiary/aromatic N) is 1. The van der Waals surface area contributed by atoms with Gasteiger partial charge in [0.25, 0.3) is 11.7 Å². The highest BCUT2D eigenvalue weighted by atomic mass is 35.5. The fraction of sp³-hybridized carbons (Fsp3) is 0.120. The number of ketones is 1. The molecule has 0 bridgehead atoms. The van der Waals surface area contributed by atoms with Crippen molar-refractivity contribution in [3.8, 4) is 5.75 Å². The van der Waals surface area contributed by atoms with Gasteiger partial charge < -0.3 is 9.84 Å². The molecule has 1 aliphatic heterocycles. The molecule has 0 radical (unpaired) electrons. The number of anilines is 1. The fourth-order valence-corrected chi connectivity index (χ4v) is 3.93. The van der Waals surface area contributed by atoms with E-state index in [0.717, 1.165) is 0 Å². The van der Waals surface area contributed by atoms with E-state index in [9.17, 15) is 14.7 Å². The van der Waals surface area contributed by atoms with Crippen molar-refractivity contribution >= 4 is 34.7 Å². The van der Waals surface area contributed by atoms with Gasteiger partial charge in [-0.25, -0.2) is 0 Å². The van der Waals surface area contributed by atoms with Gasteiger partial charge in [0.1, 0.15) is 11.5 Å². The molecular weight excluding hydrogens is 414 g/mol. The lowest BCUT2D eigenvalue weighted by Crippen LogP contribution is -2.29. The van der Waals surface area contributed by atoms with Crippen LogP contribution in [0.25, 0.3) is 5.76 Å². The molecule has 1 unspecified atom stereocenters. The van der Waals surface area contributed by atoms with E-state index in [2.05, 4.69) is 0 Å². The third-order valence-electron chi connectivity index (χ3n) is 5.06. The maximum Gasteiger partial charge on any atom is 0.300 e. The minimum absolute atomic E-state index is 0.00441. The molecule has 3 aromatic rings. The lowest BCUT2D eigenvalue weighted by molar-refractivity contribution is -0.132. The Hall–Kier alpha value is -3.57. The van der Waals surface area contributed by atoms with Crippen molar-refractivity contribution in [3.63, 3.8) is 0 Å². The second-order valence-corrected chi connectivity index (χ2v) is 7.46. The van der Waals surface area contributed by atoms with Gasteiger partial charge in [-0.2, -0.15) is 0 Å². The molecule has 1 fully saturated rings. The van der Waals surface area contributed by atoms with Gasteiger partial charge in [-0.1, -0.05) is 54.1 Å². The normalized spacial score (nSPS) is 17.7.